The van der Waals surface area contributed by atoms with Gasteiger partial charge in [0.05, 0.1) is 10.6 Å². The number of unbranched alkanes of at least 4 members (excludes halogenated alkanes) is 1. The molecule has 3 rings (SSSR count). The summed E-state index contributed by atoms with van der Waals surface area (Å²) < 4.78 is 28.8. The first-order chi connectivity index (χ1) is 16.3. The topological polar surface area (TPSA) is 105 Å². The van der Waals surface area contributed by atoms with Gasteiger partial charge in [0.1, 0.15) is 6.61 Å². The number of rotatable bonds is 12. The normalized spacial score (nSPS) is 23.0. The number of carboxylic acid groups (broad SMARTS) is 1. The third kappa shape index (κ3) is 8.40. The molecule has 2 N–H and O–H groups in total. The minimum absolute atomic E-state index is 0.107. The SMILES string of the molecule is O=C(O)CCC/C=C\C[C@H]1/C(=N/OCC2CCCCC2)CC[C@@H]1NS(=O)(=O)c1ccc(Cl)cc1. The molecule has 0 unspecified atom stereocenters. The van der Waals surface area contributed by atoms with Crippen molar-refractivity contribution < 1.29 is 23.2 Å². The first-order valence-corrected chi connectivity index (χ1v) is 14.0. The Morgan fingerprint density at radius 2 is 1.88 bits per heavy atom. The summed E-state index contributed by atoms with van der Waals surface area (Å²) in [6, 6.07) is 5.84. The molecule has 0 spiro atoms. The van der Waals surface area contributed by atoms with Crippen molar-refractivity contribution in [1.82, 2.24) is 4.72 Å². The van der Waals surface area contributed by atoms with Crippen LogP contribution in [0.2, 0.25) is 5.02 Å². The Hall–Kier alpha value is -1.90. The van der Waals surface area contributed by atoms with E-state index in [4.69, 9.17) is 21.5 Å². The molecule has 1 aromatic rings. The molecule has 0 aliphatic heterocycles. The molecule has 0 bridgehead atoms. The van der Waals surface area contributed by atoms with Crippen LogP contribution in [0, 0.1) is 11.8 Å². The minimum atomic E-state index is -3.70. The molecule has 2 atom stereocenters. The maximum atomic E-state index is 13.0. The van der Waals surface area contributed by atoms with Crippen molar-refractivity contribution in [2.45, 2.75) is 81.6 Å². The van der Waals surface area contributed by atoms with Gasteiger partial charge >= 0.3 is 5.97 Å². The summed E-state index contributed by atoms with van der Waals surface area (Å²) in [5.74, 6) is -0.360. The lowest BCUT2D eigenvalue weighted by atomic mass is 9.90. The standard InChI is InChI=1S/C25H35ClN2O5S/c26-20-12-14-21(15-13-20)34(31,32)28-24-17-16-23(27-33-18-19-8-4-3-5-9-19)22(24)10-6-1-2-7-11-25(29)30/h1,6,12-15,19,22,24,28H,2-5,7-11,16-18H2,(H,29,30)/b6-1-,27-23+/t22-,24-/m0/s1. The highest BCUT2D eigenvalue weighted by atomic mass is 35.5. The third-order valence-electron chi connectivity index (χ3n) is 6.59. The lowest BCUT2D eigenvalue weighted by molar-refractivity contribution is -0.137. The number of carboxylic acids is 1. The predicted molar refractivity (Wildman–Crippen MR) is 133 cm³/mol. The second kappa shape index (κ2) is 13.3. The van der Waals surface area contributed by atoms with Gasteiger partial charge in [0.15, 0.2) is 0 Å². The van der Waals surface area contributed by atoms with Crippen LogP contribution < -0.4 is 4.72 Å². The van der Waals surface area contributed by atoms with Crippen LogP contribution in [-0.2, 0) is 19.7 Å². The van der Waals surface area contributed by atoms with Gasteiger partial charge < -0.3 is 9.94 Å². The van der Waals surface area contributed by atoms with E-state index in [1.807, 2.05) is 12.2 Å². The van der Waals surface area contributed by atoms with Crippen LogP contribution in [0.3, 0.4) is 0 Å². The average Bonchev–Trinajstić information content (AvgIpc) is 3.17. The summed E-state index contributed by atoms with van der Waals surface area (Å²) in [6.07, 6.45) is 13.4. The van der Waals surface area contributed by atoms with Gasteiger partial charge in [0.2, 0.25) is 10.0 Å². The van der Waals surface area contributed by atoms with Gasteiger partial charge in [-0.25, -0.2) is 13.1 Å². The molecule has 0 radical (unpaired) electrons. The number of oxime groups is 1. The van der Waals surface area contributed by atoms with E-state index in [1.54, 1.807) is 12.1 Å². The Bertz CT molecular complexity index is 956. The highest BCUT2D eigenvalue weighted by Gasteiger charge is 2.36. The number of carbonyl (C=O) groups is 1. The number of nitrogens with one attached hydrogen (secondary N) is 1. The Labute approximate surface area is 207 Å². The van der Waals surface area contributed by atoms with Crippen LogP contribution in [0.5, 0.6) is 0 Å². The van der Waals surface area contributed by atoms with Crippen molar-refractivity contribution in [1.29, 1.82) is 0 Å². The van der Waals surface area contributed by atoms with Crippen LogP contribution in [0.15, 0.2) is 46.5 Å². The maximum absolute atomic E-state index is 13.0. The van der Waals surface area contributed by atoms with E-state index in [0.29, 0.717) is 49.7 Å². The van der Waals surface area contributed by atoms with Crippen molar-refractivity contribution in [3.8, 4) is 0 Å². The highest BCUT2D eigenvalue weighted by Crippen LogP contribution is 2.30. The van der Waals surface area contributed by atoms with Crippen LogP contribution in [0.1, 0.15) is 70.6 Å². The zero-order valence-corrected chi connectivity index (χ0v) is 21.1. The maximum Gasteiger partial charge on any atom is 0.303 e. The van der Waals surface area contributed by atoms with E-state index in [1.165, 1.54) is 44.2 Å². The Morgan fingerprint density at radius 1 is 1.15 bits per heavy atom. The zero-order valence-electron chi connectivity index (χ0n) is 19.5. The molecule has 9 heteroatoms. The largest absolute Gasteiger partial charge is 0.481 e. The fraction of sp³-hybridized carbons (Fsp3) is 0.600. The van der Waals surface area contributed by atoms with E-state index in [0.717, 1.165) is 5.71 Å². The summed E-state index contributed by atoms with van der Waals surface area (Å²) in [5, 5.41) is 13.7. The van der Waals surface area contributed by atoms with Crippen molar-refractivity contribution in [2.75, 3.05) is 6.61 Å². The second-order valence-corrected chi connectivity index (χ2v) is 11.4. The van der Waals surface area contributed by atoms with Crippen molar-refractivity contribution >= 4 is 33.3 Å². The summed E-state index contributed by atoms with van der Waals surface area (Å²) in [7, 11) is -3.70. The number of sulfonamides is 1. The smallest absolute Gasteiger partial charge is 0.303 e. The van der Waals surface area contributed by atoms with Gasteiger partial charge in [-0.05, 0) is 75.1 Å². The highest BCUT2D eigenvalue weighted by molar-refractivity contribution is 7.89. The van der Waals surface area contributed by atoms with Crippen LogP contribution >= 0.6 is 11.6 Å². The summed E-state index contributed by atoms with van der Waals surface area (Å²) in [4.78, 5) is 16.6. The van der Waals surface area contributed by atoms with Crippen LogP contribution in [0.4, 0.5) is 0 Å². The van der Waals surface area contributed by atoms with E-state index >= 15 is 0 Å². The molecule has 188 valence electrons. The molecular formula is C25H35ClN2O5S. The first-order valence-electron chi connectivity index (χ1n) is 12.2. The third-order valence-corrected chi connectivity index (χ3v) is 8.35. The molecule has 2 fully saturated rings. The number of halogens is 1. The lowest BCUT2D eigenvalue weighted by Gasteiger charge is -2.21. The monoisotopic (exact) mass is 510 g/mol. The van der Waals surface area contributed by atoms with E-state index in [2.05, 4.69) is 9.88 Å². The van der Waals surface area contributed by atoms with Crippen molar-refractivity contribution in [3.05, 3.63) is 41.4 Å². The molecule has 0 saturated heterocycles. The van der Waals surface area contributed by atoms with Gasteiger partial charge in [-0.3, -0.25) is 4.79 Å². The molecule has 0 amide bonds. The van der Waals surface area contributed by atoms with Gasteiger partial charge in [0, 0.05) is 23.4 Å². The first kappa shape index (κ1) is 26.7. The molecule has 2 aliphatic rings. The lowest BCUT2D eigenvalue weighted by Crippen LogP contribution is -2.38. The number of hydrogen-bond donors (Lipinski definition) is 2. The summed E-state index contributed by atoms with van der Waals surface area (Å²) in [6.45, 7) is 0.614. The Kier molecular flexibility index (Phi) is 10.4. The van der Waals surface area contributed by atoms with Gasteiger partial charge in [-0.15, -0.1) is 0 Å². The predicted octanol–water partition coefficient (Wildman–Crippen LogP) is 5.55. The molecule has 2 aliphatic carbocycles. The van der Waals surface area contributed by atoms with Gasteiger partial charge in [-0.2, -0.15) is 0 Å². The number of allylic oxidation sites excluding steroid dienone is 2. The quantitative estimate of drug-likeness (QED) is 0.218. The number of benzene rings is 1. The molecule has 34 heavy (non-hydrogen) atoms. The molecule has 7 nitrogen and oxygen atoms in total. The van der Waals surface area contributed by atoms with Crippen LogP contribution in [-0.4, -0.2) is 37.9 Å². The average molecular weight is 511 g/mol. The number of nitrogens with zero attached hydrogens (tertiary/aromatic N) is 1. The minimum Gasteiger partial charge on any atom is -0.481 e. The van der Waals surface area contributed by atoms with E-state index < -0.39 is 16.0 Å². The van der Waals surface area contributed by atoms with Gasteiger partial charge in [-0.1, -0.05) is 48.2 Å². The fourth-order valence-electron chi connectivity index (χ4n) is 4.67. The van der Waals surface area contributed by atoms with Gasteiger partial charge in [0.25, 0.3) is 0 Å². The van der Waals surface area contributed by atoms with E-state index in [9.17, 15) is 13.2 Å². The van der Waals surface area contributed by atoms with E-state index in [-0.39, 0.29) is 23.3 Å². The number of hydrogen-bond acceptors (Lipinski definition) is 5. The molecule has 1 aromatic carbocycles. The van der Waals surface area contributed by atoms with Crippen LogP contribution in [0.25, 0.3) is 0 Å². The summed E-state index contributed by atoms with van der Waals surface area (Å²) >= 11 is 5.90. The molecular weight excluding hydrogens is 476 g/mol. The molecule has 0 aromatic heterocycles. The van der Waals surface area contributed by atoms with Crippen molar-refractivity contribution in [3.63, 3.8) is 0 Å². The Balaban J connectivity index is 1.65. The number of aliphatic carboxylic acids is 1. The Morgan fingerprint density at radius 3 is 2.59 bits per heavy atom. The zero-order chi connectivity index (χ0) is 24.4. The molecule has 0 heterocycles. The van der Waals surface area contributed by atoms with Crippen molar-refractivity contribution in [2.24, 2.45) is 17.0 Å². The summed E-state index contributed by atoms with van der Waals surface area (Å²) in [5.41, 5.74) is 0.884. The molecule has 2 saturated carbocycles. The second-order valence-electron chi connectivity index (χ2n) is 9.20. The fourth-order valence-corrected chi connectivity index (χ4v) is 6.11.